The van der Waals surface area contributed by atoms with E-state index in [9.17, 15) is 4.79 Å². The van der Waals surface area contributed by atoms with Gasteiger partial charge >= 0.3 is 0 Å². The quantitative estimate of drug-likeness (QED) is 0.576. The van der Waals surface area contributed by atoms with Crippen molar-refractivity contribution in [2.45, 2.75) is 33.1 Å². The molecule has 2 aliphatic rings. The topological polar surface area (TPSA) is 17.1 Å². The van der Waals surface area contributed by atoms with E-state index in [0.717, 1.165) is 5.92 Å². The van der Waals surface area contributed by atoms with E-state index in [-0.39, 0.29) is 16.6 Å². The first-order chi connectivity index (χ1) is 5.53. The van der Waals surface area contributed by atoms with Crippen molar-refractivity contribution in [2.75, 3.05) is 0 Å². The fourth-order valence-electron chi connectivity index (χ4n) is 3.33. The van der Waals surface area contributed by atoms with Gasteiger partial charge in [0.15, 0.2) is 0 Å². The van der Waals surface area contributed by atoms with E-state index in [1.165, 1.54) is 19.3 Å². The molecule has 2 heteroatoms. The maximum atomic E-state index is 11.2. The molecule has 0 aliphatic heterocycles. The third-order valence-corrected chi connectivity index (χ3v) is 4.28. The van der Waals surface area contributed by atoms with Gasteiger partial charge in [-0.1, -0.05) is 13.8 Å². The third kappa shape index (κ3) is 0.953. The van der Waals surface area contributed by atoms with Gasteiger partial charge in [0.05, 0.1) is 0 Å². The number of hydrogen-bond donors (Lipinski definition) is 0. The summed E-state index contributed by atoms with van der Waals surface area (Å²) < 4.78 is 0. The molecule has 2 bridgehead atoms. The van der Waals surface area contributed by atoms with Gasteiger partial charge in [-0.05, 0) is 48.1 Å². The molecule has 3 unspecified atom stereocenters. The first kappa shape index (κ1) is 8.55. The summed E-state index contributed by atoms with van der Waals surface area (Å²) in [5.41, 5.74) is 0.168. The van der Waals surface area contributed by atoms with Crippen LogP contribution in [-0.4, -0.2) is 5.24 Å². The van der Waals surface area contributed by atoms with Crippen molar-refractivity contribution in [3.63, 3.8) is 0 Å². The first-order valence-electron chi connectivity index (χ1n) is 4.73. The highest BCUT2D eigenvalue weighted by molar-refractivity contribution is 6.64. The molecule has 0 amide bonds. The SMILES string of the molecule is CC1(C)C2CCC(C2)C1C(=O)Cl. The average Bonchev–Trinajstić information content (AvgIpc) is 2.41. The van der Waals surface area contributed by atoms with E-state index < -0.39 is 0 Å². The molecule has 2 rings (SSSR count). The van der Waals surface area contributed by atoms with Crippen LogP contribution >= 0.6 is 11.6 Å². The monoisotopic (exact) mass is 186 g/mol. The van der Waals surface area contributed by atoms with Gasteiger partial charge in [-0.25, -0.2) is 0 Å². The number of rotatable bonds is 1. The van der Waals surface area contributed by atoms with Crippen LogP contribution in [0.4, 0.5) is 0 Å². The molecule has 0 radical (unpaired) electrons. The van der Waals surface area contributed by atoms with Crippen LogP contribution in [0.2, 0.25) is 0 Å². The van der Waals surface area contributed by atoms with Crippen LogP contribution in [0.5, 0.6) is 0 Å². The van der Waals surface area contributed by atoms with Crippen molar-refractivity contribution in [2.24, 2.45) is 23.2 Å². The van der Waals surface area contributed by atoms with Crippen LogP contribution in [0, 0.1) is 23.2 Å². The van der Waals surface area contributed by atoms with Crippen molar-refractivity contribution in [3.05, 3.63) is 0 Å². The van der Waals surface area contributed by atoms with Gasteiger partial charge in [-0.3, -0.25) is 4.79 Å². The van der Waals surface area contributed by atoms with Crippen LogP contribution in [0.3, 0.4) is 0 Å². The molecule has 0 spiro atoms. The molecule has 12 heavy (non-hydrogen) atoms. The van der Waals surface area contributed by atoms with E-state index in [2.05, 4.69) is 13.8 Å². The summed E-state index contributed by atoms with van der Waals surface area (Å²) in [4.78, 5) is 11.2. The molecule has 0 aromatic heterocycles. The number of halogens is 1. The van der Waals surface area contributed by atoms with Gasteiger partial charge in [0.2, 0.25) is 5.24 Å². The smallest absolute Gasteiger partial charge is 0.225 e. The van der Waals surface area contributed by atoms with E-state index >= 15 is 0 Å². The second-order valence-corrected chi connectivity index (χ2v) is 5.25. The fourth-order valence-corrected chi connectivity index (χ4v) is 3.79. The van der Waals surface area contributed by atoms with Crippen LogP contribution < -0.4 is 0 Å². The summed E-state index contributed by atoms with van der Waals surface area (Å²) in [7, 11) is 0. The Balaban J connectivity index is 2.29. The maximum Gasteiger partial charge on any atom is 0.225 e. The van der Waals surface area contributed by atoms with Crippen molar-refractivity contribution < 1.29 is 4.79 Å². The summed E-state index contributed by atoms with van der Waals surface area (Å²) in [6.07, 6.45) is 3.76. The zero-order valence-corrected chi connectivity index (χ0v) is 8.40. The molecular formula is C10H15ClO. The molecule has 0 saturated heterocycles. The molecule has 0 heterocycles. The van der Waals surface area contributed by atoms with E-state index in [0.29, 0.717) is 5.92 Å². The Hall–Kier alpha value is -0.0400. The predicted molar refractivity (Wildman–Crippen MR) is 49.0 cm³/mol. The molecule has 2 fully saturated rings. The Morgan fingerprint density at radius 2 is 2.08 bits per heavy atom. The molecule has 0 aromatic carbocycles. The zero-order valence-electron chi connectivity index (χ0n) is 7.64. The number of hydrogen-bond acceptors (Lipinski definition) is 1. The van der Waals surface area contributed by atoms with Gasteiger partial charge in [-0.2, -0.15) is 0 Å². The molecule has 3 atom stereocenters. The Morgan fingerprint density at radius 3 is 2.42 bits per heavy atom. The van der Waals surface area contributed by atoms with E-state index in [4.69, 9.17) is 11.6 Å². The lowest BCUT2D eigenvalue weighted by atomic mass is 9.69. The van der Waals surface area contributed by atoms with Gasteiger partial charge in [0.1, 0.15) is 0 Å². The maximum absolute atomic E-state index is 11.2. The minimum absolute atomic E-state index is 0.104. The Labute approximate surface area is 78.5 Å². The van der Waals surface area contributed by atoms with Crippen molar-refractivity contribution in [1.29, 1.82) is 0 Å². The molecule has 0 N–H and O–H groups in total. The molecule has 2 aliphatic carbocycles. The normalized spacial score (nSPS) is 43.4. The Kier molecular flexibility index (Phi) is 1.76. The van der Waals surface area contributed by atoms with Gasteiger partial charge in [0, 0.05) is 5.92 Å². The predicted octanol–water partition coefficient (Wildman–Crippen LogP) is 2.82. The highest BCUT2D eigenvalue weighted by atomic mass is 35.5. The highest BCUT2D eigenvalue weighted by Crippen LogP contribution is 2.59. The third-order valence-electron chi connectivity index (χ3n) is 4.04. The molecule has 1 nitrogen and oxygen atoms in total. The summed E-state index contributed by atoms with van der Waals surface area (Å²) in [6, 6.07) is 0. The standard InChI is InChI=1S/C10H15ClO/c1-10(2)7-4-3-6(5-7)8(10)9(11)12/h6-8H,3-5H2,1-2H3. The summed E-state index contributed by atoms with van der Waals surface area (Å²) in [5, 5.41) is -0.104. The minimum atomic E-state index is -0.104. The van der Waals surface area contributed by atoms with E-state index in [1.54, 1.807) is 0 Å². The van der Waals surface area contributed by atoms with Crippen LogP contribution in [0.1, 0.15) is 33.1 Å². The van der Waals surface area contributed by atoms with Crippen LogP contribution in [0.25, 0.3) is 0 Å². The molecule has 0 aromatic rings. The Morgan fingerprint density at radius 1 is 1.42 bits per heavy atom. The molecular weight excluding hydrogens is 172 g/mol. The fraction of sp³-hybridized carbons (Fsp3) is 0.900. The number of carbonyl (C=O) groups is 1. The lowest BCUT2D eigenvalue weighted by Crippen LogP contribution is -2.34. The van der Waals surface area contributed by atoms with Gasteiger partial charge < -0.3 is 0 Å². The Bertz CT molecular complexity index is 222. The second-order valence-electron chi connectivity index (χ2n) is 4.87. The van der Waals surface area contributed by atoms with Crippen LogP contribution in [0.15, 0.2) is 0 Å². The van der Waals surface area contributed by atoms with Crippen molar-refractivity contribution >= 4 is 16.8 Å². The summed E-state index contributed by atoms with van der Waals surface area (Å²) in [5.74, 6) is 1.48. The number of carbonyl (C=O) groups excluding carboxylic acids is 1. The van der Waals surface area contributed by atoms with Crippen molar-refractivity contribution in [3.8, 4) is 0 Å². The first-order valence-corrected chi connectivity index (χ1v) is 5.10. The lowest BCUT2D eigenvalue weighted by molar-refractivity contribution is -0.120. The minimum Gasteiger partial charge on any atom is -0.281 e. The van der Waals surface area contributed by atoms with Gasteiger partial charge in [0.25, 0.3) is 0 Å². The zero-order chi connectivity index (χ0) is 8.93. The second kappa shape index (κ2) is 2.47. The molecule has 2 saturated carbocycles. The average molecular weight is 187 g/mol. The van der Waals surface area contributed by atoms with Crippen molar-refractivity contribution in [1.82, 2.24) is 0 Å². The highest BCUT2D eigenvalue weighted by Gasteiger charge is 2.55. The number of fused-ring (bicyclic) bond motifs is 2. The summed E-state index contributed by atoms with van der Waals surface area (Å²) >= 11 is 5.62. The summed E-state index contributed by atoms with van der Waals surface area (Å²) in [6.45, 7) is 4.39. The van der Waals surface area contributed by atoms with Gasteiger partial charge in [-0.15, -0.1) is 0 Å². The van der Waals surface area contributed by atoms with E-state index in [1.807, 2.05) is 0 Å². The largest absolute Gasteiger partial charge is 0.281 e. The van der Waals surface area contributed by atoms with Crippen LogP contribution in [-0.2, 0) is 4.79 Å². The lowest BCUT2D eigenvalue weighted by Gasteiger charge is -2.35. The molecule has 68 valence electrons.